The van der Waals surface area contributed by atoms with Crippen LogP contribution in [-0.4, -0.2) is 32.7 Å². The molecule has 2 aromatic carbocycles. The highest BCUT2D eigenvalue weighted by atomic mass is 79.9. The van der Waals surface area contributed by atoms with Gasteiger partial charge in [0.15, 0.2) is 12.4 Å². The number of nitrogens with zero attached hydrogens (tertiary/aromatic N) is 4. The van der Waals surface area contributed by atoms with Gasteiger partial charge in [-0.2, -0.15) is 4.68 Å². The summed E-state index contributed by atoms with van der Waals surface area (Å²) in [7, 11) is 0. The minimum atomic E-state index is -0.563. The standard InChI is InChI=1S/C16H13BrFN5O2/c1-10-20-21-22-23(10)12-4-7-14(18)15(8-12)19-16(24)9-25-13-5-2-11(17)3-6-13/h2-8H,9H2,1H3,(H,19,24). The minimum Gasteiger partial charge on any atom is -0.484 e. The molecule has 25 heavy (non-hydrogen) atoms. The molecule has 0 spiro atoms. The van der Waals surface area contributed by atoms with E-state index in [4.69, 9.17) is 4.74 Å². The normalized spacial score (nSPS) is 10.5. The van der Waals surface area contributed by atoms with Crippen LogP contribution in [0.5, 0.6) is 5.75 Å². The van der Waals surface area contributed by atoms with Gasteiger partial charge in [-0.25, -0.2) is 4.39 Å². The first kappa shape index (κ1) is 17.0. The smallest absolute Gasteiger partial charge is 0.262 e. The Hall–Kier alpha value is -2.81. The SMILES string of the molecule is Cc1nnnn1-c1ccc(F)c(NC(=O)COc2ccc(Br)cc2)c1. The number of carbonyl (C=O) groups is 1. The van der Waals surface area contributed by atoms with E-state index in [1.807, 2.05) is 0 Å². The summed E-state index contributed by atoms with van der Waals surface area (Å²) in [5, 5.41) is 13.6. The largest absolute Gasteiger partial charge is 0.484 e. The average molecular weight is 406 g/mol. The van der Waals surface area contributed by atoms with Crippen molar-refractivity contribution in [3.05, 3.63) is 58.6 Å². The molecule has 0 radical (unpaired) electrons. The average Bonchev–Trinajstić information content (AvgIpc) is 3.02. The molecule has 1 N–H and O–H groups in total. The van der Waals surface area contributed by atoms with Gasteiger partial charge in [0, 0.05) is 4.47 Å². The predicted molar refractivity (Wildman–Crippen MR) is 92.1 cm³/mol. The molecule has 7 nitrogen and oxygen atoms in total. The van der Waals surface area contributed by atoms with E-state index in [9.17, 15) is 9.18 Å². The number of amides is 1. The predicted octanol–water partition coefficient (Wildman–Crippen LogP) is 2.89. The Bertz CT molecular complexity index is 898. The summed E-state index contributed by atoms with van der Waals surface area (Å²) in [6, 6.07) is 11.2. The van der Waals surface area contributed by atoms with Crippen LogP contribution in [0.15, 0.2) is 46.9 Å². The Balaban J connectivity index is 1.68. The molecule has 0 aliphatic heterocycles. The molecule has 1 amide bonds. The molecule has 0 aliphatic rings. The van der Waals surface area contributed by atoms with Crippen LogP contribution in [0.3, 0.4) is 0 Å². The third-order valence-corrected chi connectivity index (χ3v) is 3.81. The van der Waals surface area contributed by atoms with Crippen LogP contribution in [0, 0.1) is 12.7 Å². The van der Waals surface area contributed by atoms with Gasteiger partial charge in [-0.3, -0.25) is 4.79 Å². The highest BCUT2D eigenvalue weighted by molar-refractivity contribution is 9.10. The quantitative estimate of drug-likeness (QED) is 0.705. The fourth-order valence-electron chi connectivity index (χ4n) is 2.08. The topological polar surface area (TPSA) is 81.9 Å². The molecule has 1 heterocycles. The van der Waals surface area contributed by atoms with Crippen molar-refractivity contribution in [2.45, 2.75) is 6.92 Å². The van der Waals surface area contributed by atoms with Gasteiger partial charge in [0.25, 0.3) is 5.91 Å². The van der Waals surface area contributed by atoms with E-state index in [1.54, 1.807) is 31.2 Å². The van der Waals surface area contributed by atoms with E-state index in [1.165, 1.54) is 22.9 Å². The lowest BCUT2D eigenvalue weighted by Crippen LogP contribution is -2.21. The van der Waals surface area contributed by atoms with Crippen LogP contribution in [0.1, 0.15) is 5.82 Å². The van der Waals surface area contributed by atoms with Gasteiger partial charge in [0.1, 0.15) is 11.6 Å². The van der Waals surface area contributed by atoms with Crippen LogP contribution in [-0.2, 0) is 4.79 Å². The van der Waals surface area contributed by atoms with Crippen LogP contribution < -0.4 is 10.1 Å². The van der Waals surface area contributed by atoms with Gasteiger partial charge in [-0.05, 0) is 59.8 Å². The highest BCUT2D eigenvalue weighted by Gasteiger charge is 2.11. The number of halogens is 2. The number of nitrogens with one attached hydrogen (secondary N) is 1. The molecule has 128 valence electrons. The molecular formula is C16H13BrFN5O2. The molecule has 0 unspecified atom stereocenters. The highest BCUT2D eigenvalue weighted by Crippen LogP contribution is 2.19. The van der Waals surface area contributed by atoms with Gasteiger partial charge >= 0.3 is 0 Å². The van der Waals surface area contributed by atoms with Crippen LogP contribution >= 0.6 is 15.9 Å². The van der Waals surface area contributed by atoms with Crippen molar-refractivity contribution in [2.24, 2.45) is 0 Å². The molecule has 3 aromatic rings. The fraction of sp³-hybridized carbons (Fsp3) is 0.125. The summed E-state index contributed by atoms with van der Waals surface area (Å²) in [5.74, 6) is 0.0400. The second-order valence-electron chi connectivity index (χ2n) is 5.09. The van der Waals surface area contributed by atoms with Crippen molar-refractivity contribution < 1.29 is 13.9 Å². The van der Waals surface area contributed by atoms with Crippen molar-refractivity contribution in [1.82, 2.24) is 20.2 Å². The second-order valence-corrected chi connectivity index (χ2v) is 6.01. The summed E-state index contributed by atoms with van der Waals surface area (Å²) < 4.78 is 21.7. The van der Waals surface area contributed by atoms with Gasteiger partial charge in [-0.15, -0.1) is 5.10 Å². The van der Waals surface area contributed by atoms with E-state index in [0.717, 1.165) is 4.47 Å². The Labute approximate surface area is 150 Å². The summed E-state index contributed by atoms with van der Waals surface area (Å²) in [5.41, 5.74) is 0.560. The molecule has 0 bridgehead atoms. The number of aryl methyl sites for hydroxylation is 1. The molecule has 0 atom stereocenters. The van der Waals surface area contributed by atoms with Crippen LogP contribution in [0.25, 0.3) is 5.69 Å². The zero-order valence-corrected chi connectivity index (χ0v) is 14.7. The monoisotopic (exact) mass is 405 g/mol. The Morgan fingerprint density at radius 1 is 1.28 bits per heavy atom. The fourth-order valence-corrected chi connectivity index (χ4v) is 2.34. The number of benzene rings is 2. The number of anilines is 1. The zero-order chi connectivity index (χ0) is 17.8. The number of rotatable bonds is 5. The maximum Gasteiger partial charge on any atom is 0.262 e. The maximum atomic E-state index is 14.0. The van der Waals surface area contributed by atoms with E-state index >= 15 is 0 Å². The first-order valence-corrected chi connectivity index (χ1v) is 8.05. The number of ether oxygens (including phenoxy) is 1. The van der Waals surface area contributed by atoms with E-state index in [2.05, 4.69) is 36.8 Å². The molecule has 0 fully saturated rings. The molecule has 1 aromatic heterocycles. The van der Waals surface area contributed by atoms with Crippen LogP contribution in [0.4, 0.5) is 10.1 Å². The summed E-state index contributed by atoms with van der Waals surface area (Å²) in [4.78, 5) is 12.0. The lowest BCUT2D eigenvalue weighted by atomic mass is 10.2. The number of tetrazole rings is 1. The lowest BCUT2D eigenvalue weighted by molar-refractivity contribution is -0.118. The summed E-state index contributed by atoms with van der Waals surface area (Å²) in [6.07, 6.45) is 0. The molecule has 9 heteroatoms. The minimum absolute atomic E-state index is 0.0248. The Kier molecular flexibility index (Phi) is 5.03. The Morgan fingerprint density at radius 3 is 2.72 bits per heavy atom. The van der Waals surface area contributed by atoms with E-state index in [0.29, 0.717) is 17.3 Å². The number of carbonyl (C=O) groups excluding carboxylic acids is 1. The third kappa shape index (κ3) is 4.18. The van der Waals surface area contributed by atoms with Crippen molar-refractivity contribution in [1.29, 1.82) is 0 Å². The number of aromatic nitrogens is 4. The second kappa shape index (κ2) is 7.39. The number of hydrogen-bond donors (Lipinski definition) is 1. The van der Waals surface area contributed by atoms with Gasteiger partial charge in [0.2, 0.25) is 0 Å². The van der Waals surface area contributed by atoms with Crippen molar-refractivity contribution in [2.75, 3.05) is 11.9 Å². The van der Waals surface area contributed by atoms with Crippen molar-refractivity contribution in [3.63, 3.8) is 0 Å². The van der Waals surface area contributed by atoms with Gasteiger partial charge in [-0.1, -0.05) is 15.9 Å². The van der Waals surface area contributed by atoms with Gasteiger partial charge in [0.05, 0.1) is 11.4 Å². The van der Waals surface area contributed by atoms with Crippen molar-refractivity contribution >= 4 is 27.5 Å². The van der Waals surface area contributed by atoms with Crippen molar-refractivity contribution in [3.8, 4) is 11.4 Å². The summed E-state index contributed by atoms with van der Waals surface area (Å²) >= 11 is 3.31. The zero-order valence-electron chi connectivity index (χ0n) is 13.1. The molecular weight excluding hydrogens is 393 g/mol. The lowest BCUT2D eigenvalue weighted by Gasteiger charge is -2.10. The Morgan fingerprint density at radius 2 is 2.04 bits per heavy atom. The van der Waals surface area contributed by atoms with Crippen LogP contribution in [0.2, 0.25) is 0 Å². The summed E-state index contributed by atoms with van der Waals surface area (Å²) in [6.45, 7) is 1.48. The van der Waals surface area contributed by atoms with E-state index in [-0.39, 0.29) is 12.3 Å². The first-order chi connectivity index (χ1) is 12.0. The van der Waals surface area contributed by atoms with E-state index < -0.39 is 11.7 Å². The maximum absolute atomic E-state index is 14.0. The first-order valence-electron chi connectivity index (χ1n) is 7.26. The third-order valence-electron chi connectivity index (χ3n) is 3.28. The molecule has 0 saturated carbocycles. The molecule has 0 saturated heterocycles. The molecule has 3 rings (SSSR count). The van der Waals surface area contributed by atoms with Gasteiger partial charge < -0.3 is 10.1 Å². The number of hydrogen-bond acceptors (Lipinski definition) is 5. The molecule has 0 aliphatic carbocycles.